The van der Waals surface area contributed by atoms with Gasteiger partial charge in [0.1, 0.15) is 0 Å². The quantitative estimate of drug-likeness (QED) is 0.872. The zero-order valence-electron chi connectivity index (χ0n) is 11.2. The summed E-state index contributed by atoms with van der Waals surface area (Å²) >= 11 is 11.9. The molecule has 0 saturated heterocycles. The second kappa shape index (κ2) is 5.96. The van der Waals surface area contributed by atoms with Gasteiger partial charge in [0.05, 0.1) is 10.7 Å². The molecule has 0 fully saturated rings. The third kappa shape index (κ3) is 3.14. The molecule has 0 bridgehead atoms. The molecule has 0 spiro atoms. The van der Waals surface area contributed by atoms with Crippen LogP contribution in [-0.4, -0.2) is 12.5 Å². The molecule has 0 aliphatic carbocycles. The maximum absolute atomic E-state index is 12.2. The molecule has 0 aromatic heterocycles. The van der Waals surface area contributed by atoms with Crippen LogP contribution in [0.1, 0.15) is 17.9 Å². The molecule has 2 aromatic carbocycles. The zero-order valence-corrected chi connectivity index (χ0v) is 12.7. The van der Waals surface area contributed by atoms with E-state index >= 15 is 0 Å². The lowest BCUT2D eigenvalue weighted by Crippen LogP contribution is -2.16. The second-order valence-corrected chi connectivity index (χ2v) is 5.89. The molecule has 3 nitrogen and oxygen atoms in total. The molecular weight excluding hydrogens is 307 g/mol. The minimum absolute atomic E-state index is 0.0530. The third-order valence-corrected chi connectivity index (χ3v) is 4.12. The Morgan fingerprint density at radius 2 is 2.05 bits per heavy atom. The van der Waals surface area contributed by atoms with Crippen LogP contribution in [0.15, 0.2) is 42.5 Å². The fourth-order valence-corrected chi connectivity index (χ4v) is 3.01. The highest BCUT2D eigenvalue weighted by atomic mass is 35.5. The first-order valence-corrected chi connectivity index (χ1v) is 7.47. The lowest BCUT2D eigenvalue weighted by molar-refractivity contribution is -0.116. The SMILES string of the molecule is O=C(CC1CNc2ccccc21)Nc1ccc(Cl)cc1Cl. The van der Waals surface area contributed by atoms with E-state index in [0.29, 0.717) is 22.2 Å². The number of hydrogen-bond donors (Lipinski definition) is 2. The molecule has 1 unspecified atom stereocenters. The van der Waals surface area contributed by atoms with Crippen molar-refractivity contribution in [3.63, 3.8) is 0 Å². The molecule has 1 aliphatic rings. The Morgan fingerprint density at radius 3 is 2.86 bits per heavy atom. The predicted octanol–water partition coefficient (Wildman–Crippen LogP) is 4.53. The van der Waals surface area contributed by atoms with Gasteiger partial charge in [-0.2, -0.15) is 0 Å². The minimum Gasteiger partial charge on any atom is -0.384 e. The number of fused-ring (bicyclic) bond motifs is 1. The third-order valence-electron chi connectivity index (χ3n) is 3.58. The Balaban J connectivity index is 1.68. The molecule has 5 heteroatoms. The van der Waals surface area contributed by atoms with Gasteiger partial charge in [-0.15, -0.1) is 0 Å². The lowest BCUT2D eigenvalue weighted by Gasteiger charge is -2.11. The van der Waals surface area contributed by atoms with Gasteiger partial charge in [-0.1, -0.05) is 41.4 Å². The number of anilines is 2. The maximum Gasteiger partial charge on any atom is 0.225 e. The number of benzene rings is 2. The summed E-state index contributed by atoms with van der Waals surface area (Å²) in [6.07, 6.45) is 0.420. The summed E-state index contributed by atoms with van der Waals surface area (Å²) in [7, 11) is 0. The first kappa shape index (κ1) is 14.2. The van der Waals surface area contributed by atoms with Crippen LogP contribution in [-0.2, 0) is 4.79 Å². The van der Waals surface area contributed by atoms with Crippen LogP contribution in [0.3, 0.4) is 0 Å². The molecule has 2 N–H and O–H groups in total. The van der Waals surface area contributed by atoms with Gasteiger partial charge in [0.25, 0.3) is 0 Å². The van der Waals surface area contributed by atoms with Gasteiger partial charge in [-0.05, 0) is 29.8 Å². The highest BCUT2D eigenvalue weighted by Gasteiger charge is 2.24. The fourth-order valence-electron chi connectivity index (χ4n) is 2.56. The number of amides is 1. The van der Waals surface area contributed by atoms with Crippen molar-refractivity contribution in [1.29, 1.82) is 0 Å². The Labute approximate surface area is 133 Å². The first-order valence-electron chi connectivity index (χ1n) is 6.71. The highest BCUT2D eigenvalue weighted by Crippen LogP contribution is 2.33. The van der Waals surface area contributed by atoms with Crippen LogP contribution in [0.2, 0.25) is 10.0 Å². The molecule has 1 amide bonds. The summed E-state index contributed by atoms with van der Waals surface area (Å²) in [5.74, 6) is 0.134. The van der Waals surface area contributed by atoms with E-state index in [1.54, 1.807) is 18.2 Å². The summed E-state index contributed by atoms with van der Waals surface area (Å²) in [5.41, 5.74) is 2.89. The van der Waals surface area contributed by atoms with E-state index in [1.807, 2.05) is 18.2 Å². The molecule has 1 heterocycles. The fraction of sp³-hybridized carbons (Fsp3) is 0.188. The van der Waals surface area contributed by atoms with Crippen LogP contribution in [0.4, 0.5) is 11.4 Å². The Hall–Kier alpha value is -1.71. The van der Waals surface area contributed by atoms with E-state index in [9.17, 15) is 4.79 Å². The van der Waals surface area contributed by atoms with Crippen LogP contribution in [0.25, 0.3) is 0 Å². The molecule has 0 saturated carbocycles. The molecule has 1 atom stereocenters. The Morgan fingerprint density at radius 1 is 1.24 bits per heavy atom. The molecule has 2 aromatic rings. The van der Waals surface area contributed by atoms with E-state index in [2.05, 4.69) is 16.7 Å². The van der Waals surface area contributed by atoms with Gasteiger partial charge in [0.2, 0.25) is 5.91 Å². The highest BCUT2D eigenvalue weighted by molar-refractivity contribution is 6.36. The average molecular weight is 321 g/mol. The van der Waals surface area contributed by atoms with Gasteiger partial charge >= 0.3 is 0 Å². The normalized spacial score (nSPS) is 16.2. The minimum atomic E-state index is -0.0530. The van der Waals surface area contributed by atoms with Crippen molar-refractivity contribution in [2.24, 2.45) is 0 Å². The number of nitrogens with one attached hydrogen (secondary N) is 2. The summed E-state index contributed by atoms with van der Waals surface area (Å²) in [4.78, 5) is 12.2. The van der Waals surface area contributed by atoms with E-state index in [1.165, 1.54) is 5.56 Å². The van der Waals surface area contributed by atoms with Crippen molar-refractivity contribution in [3.8, 4) is 0 Å². The molecular formula is C16H14Cl2N2O. The molecule has 3 rings (SSSR count). The van der Waals surface area contributed by atoms with Crippen molar-refractivity contribution < 1.29 is 4.79 Å². The van der Waals surface area contributed by atoms with Crippen LogP contribution in [0.5, 0.6) is 0 Å². The van der Waals surface area contributed by atoms with Crippen molar-refractivity contribution in [1.82, 2.24) is 0 Å². The van der Waals surface area contributed by atoms with Gasteiger partial charge in [-0.25, -0.2) is 0 Å². The summed E-state index contributed by atoms with van der Waals surface area (Å²) in [6.45, 7) is 0.779. The summed E-state index contributed by atoms with van der Waals surface area (Å²) in [5, 5.41) is 7.15. The van der Waals surface area contributed by atoms with Crippen LogP contribution in [0, 0.1) is 0 Å². The smallest absolute Gasteiger partial charge is 0.225 e. The number of carbonyl (C=O) groups is 1. The lowest BCUT2D eigenvalue weighted by atomic mass is 9.97. The number of halogens is 2. The van der Waals surface area contributed by atoms with Crippen molar-refractivity contribution in [2.45, 2.75) is 12.3 Å². The maximum atomic E-state index is 12.2. The van der Waals surface area contributed by atoms with Crippen LogP contribution >= 0.6 is 23.2 Å². The Kier molecular flexibility index (Phi) is 4.04. The second-order valence-electron chi connectivity index (χ2n) is 5.04. The van der Waals surface area contributed by atoms with Crippen molar-refractivity contribution in [3.05, 3.63) is 58.1 Å². The van der Waals surface area contributed by atoms with E-state index < -0.39 is 0 Å². The monoisotopic (exact) mass is 320 g/mol. The number of hydrogen-bond acceptors (Lipinski definition) is 2. The average Bonchev–Trinajstić information content (AvgIpc) is 2.85. The molecule has 21 heavy (non-hydrogen) atoms. The van der Waals surface area contributed by atoms with Gasteiger partial charge in [0, 0.05) is 29.6 Å². The summed E-state index contributed by atoms with van der Waals surface area (Å²) in [6, 6.07) is 13.1. The number of para-hydroxylation sites is 1. The zero-order chi connectivity index (χ0) is 14.8. The first-order chi connectivity index (χ1) is 10.1. The number of carbonyl (C=O) groups excluding carboxylic acids is 1. The Bertz CT molecular complexity index is 688. The molecule has 108 valence electrons. The topological polar surface area (TPSA) is 41.1 Å². The standard InChI is InChI=1S/C16H14Cl2N2O/c17-11-5-6-15(13(18)8-11)20-16(21)7-10-9-19-14-4-2-1-3-12(10)14/h1-6,8,10,19H,7,9H2,(H,20,21). The van der Waals surface area contributed by atoms with Gasteiger partial charge < -0.3 is 10.6 Å². The summed E-state index contributed by atoms with van der Waals surface area (Å²) < 4.78 is 0. The van der Waals surface area contributed by atoms with Crippen molar-refractivity contribution >= 4 is 40.5 Å². The number of rotatable bonds is 3. The van der Waals surface area contributed by atoms with Gasteiger partial charge in [0.15, 0.2) is 0 Å². The predicted molar refractivity (Wildman–Crippen MR) is 87.4 cm³/mol. The van der Waals surface area contributed by atoms with Crippen LogP contribution < -0.4 is 10.6 Å². The van der Waals surface area contributed by atoms with Crippen molar-refractivity contribution in [2.75, 3.05) is 17.2 Å². The van der Waals surface area contributed by atoms with E-state index in [-0.39, 0.29) is 11.8 Å². The van der Waals surface area contributed by atoms with E-state index in [4.69, 9.17) is 23.2 Å². The largest absolute Gasteiger partial charge is 0.384 e. The van der Waals surface area contributed by atoms with Gasteiger partial charge in [-0.3, -0.25) is 4.79 Å². The molecule has 1 aliphatic heterocycles. The molecule has 0 radical (unpaired) electrons. The van der Waals surface area contributed by atoms with E-state index in [0.717, 1.165) is 12.2 Å².